The molecule has 172 valence electrons. The van der Waals surface area contributed by atoms with Crippen LogP contribution in [0.5, 0.6) is 0 Å². The second kappa shape index (κ2) is 9.41. The van der Waals surface area contributed by atoms with Gasteiger partial charge < -0.3 is 19.6 Å². The molecule has 2 saturated heterocycles. The average Bonchev–Trinajstić information content (AvgIpc) is 3.52. The fourth-order valence-corrected chi connectivity index (χ4v) is 5.99. The minimum Gasteiger partial charge on any atom is -0.336 e. The van der Waals surface area contributed by atoms with Gasteiger partial charge in [0.05, 0.1) is 10.9 Å². The van der Waals surface area contributed by atoms with Crippen molar-refractivity contribution in [1.29, 1.82) is 0 Å². The summed E-state index contributed by atoms with van der Waals surface area (Å²) in [7, 11) is 5.85. The summed E-state index contributed by atoms with van der Waals surface area (Å²) in [5.74, 6) is 0.0120. The number of hydrogen-bond donors (Lipinski definition) is 0. The van der Waals surface area contributed by atoms with Crippen molar-refractivity contribution in [2.45, 2.75) is 31.8 Å². The SMILES string of the molecule is Cc1cc(Cl)ccc1-c1ccc(C(=O)N(C)[C@H]2CCN(C(=O)N(C)[C@@H]3CCN(C)C3)C2)s1. The summed E-state index contributed by atoms with van der Waals surface area (Å²) in [6.45, 7) is 5.25. The number of hydrogen-bond acceptors (Lipinski definition) is 4. The van der Waals surface area contributed by atoms with Crippen molar-refractivity contribution in [2.75, 3.05) is 47.3 Å². The molecular formula is C24H31ClN4O2S. The Kier molecular flexibility index (Phi) is 6.79. The Balaban J connectivity index is 1.38. The quantitative estimate of drug-likeness (QED) is 0.664. The Bertz CT molecular complexity index is 1010. The molecule has 0 bridgehead atoms. The van der Waals surface area contributed by atoms with Crippen LogP contribution in [0, 0.1) is 6.92 Å². The Labute approximate surface area is 199 Å². The first-order chi connectivity index (χ1) is 15.2. The molecule has 0 aliphatic carbocycles. The van der Waals surface area contributed by atoms with E-state index in [0.29, 0.717) is 23.0 Å². The van der Waals surface area contributed by atoms with E-state index in [1.807, 2.05) is 61.2 Å². The van der Waals surface area contributed by atoms with Gasteiger partial charge >= 0.3 is 6.03 Å². The van der Waals surface area contributed by atoms with Gasteiger partial charge in [0.15, 0.2) is 0 Å². The Hall–Kier alpha value is -2.09. The van der Waals surface area contributed by atoms with E-state index < -0.39 is 0 Å². The summed E-state index contributed by atoms with van der Waals surface area (Å²) < 4.78 is 0. The number of carbonyl (C=O) groups excluding carboxylic acids is 2. The molecule has 0 saturated carbocycles. The molecule has 2 aliphatic heterocycles. The van der Waals surface area contributed by atoms with E-state index in [1.165, 1.54) is 11.3 Å². The normalized spacial score (nSPS) is 21.2. The fraction of sp³-hybridized carbons (Fsp3) is 0.500. The third-order valence-electron chi connectivity index (χ3n) is 6.79. The van der Waals surface area contributed by atoms with Crippen molar-refractivity contribution >= 4 is 34.9 Å². The van der Waals surface area contributed by atoms with E-state index in [4.69, 9.17) is 11.6 Å². The highest BCUT2D eigenvalue weighted by Gasteiger charge is 2.35. The fourth-order valence-electron chi connectivity index (χ4n) is 4.68. The van der Waals surface area contributed by atoms with Crippen molar-refractivity contribution in [3.63, 3.8) is 0 Å². The molecule has 3 amide bonds. The number of likely N-dealkylation sites (tertiary alicyclic amines) is 2. The molecule has 8 heteroatoms. The lowest BCUT2D eigenvalue weighted by molar-refractivity contribution is 0.0739. The highest BCUT2D eigenvalue weighted by Crippen LogP contribution is 2.33. The van der Waals surface area contributed by atoms with Crippen LogP contribution in [0.25, 0.3) is 10.4 Å². The third-order valence-corrected chi connectivity index (χ3v) is 8.13. The molecule has 1 aromatic carbocycles. The predicted molar refractivity (Wildman–Crippen MR) is 131 cm³/mol. The number of aryl methyl sites for hydroxylation is 1. The standard InChI is InChI=1S/C24H31ClN4O2S/c1-16-13-17(25)5-6-20(16)21-7-8-22(32-21)23(30)27(3)19-10-12-29(15-19)24(31)28(4)18-9-11-26(2)14-18/h5-8,13,18-19H,9-12,14-15H2,1-4H3/t18-,19+/m1/s1. The minimum absolute atomic E-state index is 0.0120. The van der Waals surface area contributed by atoms with Crippen LogP contribution >= 0.6 is 22.9 Å². The van der Waals surface area contributed by atoms with Gasteiger partial charge in [0.1, 0.15) is 0 Å². The molecule has 0 spiro atoms. The highest BCUT2D eigenvalue weighted by atomic mass is 35.5. The molecule has 2 aromatic rings. The van der Waals surface area contributed by atoms with Crippen molar-refractivity contribution in [3.05, 3.63) is 45.8 Å². The van der Waals surface area contributed by atoms with E-state index in [2.05, 4.69) is 11.9 Å². The van der Waals surface area contributed by atoms with Crippen LogP contribution in [0.2, 0.25) is 5.02 Å². The van der Waals surface area contributed by atoms with Crippen LogP contribution in [-0.4, -0.2) is 90.9 Å². The second-order valence-corrected chi connectivity index (χ2v) is 10.5. The maximum absolute atomic E-state index is 13.2. The lowest BCUT2D eigenvalue weighted by atomic mass is 10.1. The molecule has 6 nitrogen and oxygen atoms in total. The molecule has 0 radical (unpaired) electrons. The number of likely N-dealkylation sites (N-methyl/N-ethyl adjacent to an activating group) is 3. The summed E-state index contributed by atoms with van der Waals surface area (Å²) >= 11 is 7.58. The van der Waals surface area contributed by atoms with Crippen LogP contribution in [-0.2, 0) is 0 Å². The number of carbonyl (C=O) groups is 2. The third kappa shape index (κ3) is 4.65. The smallest absolute Gasteiger partial charge is 0.320 e. The van der Waals surface area contributed by atoms with Crippen LogP contribution in [0.15, 0.2) is 30.3 Å². The monoisotopic (exact) mass is 474 g/mol. The van der Waals surface area contributed by atoms with E-state index in [-0.39, 0.29) is 24.0 Å². The number of rotatable bonds is 4. The maximum atomic E-state index is 13.2. The van der Waals surface area contributed by atoms with Crippen LogP contribution in [0.4, 0.5) is 4.79 Å². The van der Waals surface area contributed by atoms with Gasteiger partial charge in [-0.2, -0.15) is 0 Å². The zero-order chi connectivity index (χ0) is 23.0. The molecule has 32 heavy (non-hydrogen) atoms. The van der Waals surface area contributed by atoms with E-state index in [9.17, 15) is 9.59 Å². The molecule has 0 unspecified atom stereocenters. The number of benzene rings is 1. The van der Waals surface area contributed by atoms with Crippen LogP contribution in [0.3, 0.4) is 0 Å². The summed E-state index contributed by atoms with van der Waals surface area (Å²) in [5, 5.41) is 0.713. The molecule has 3 heterocycles. The minimum atomic E-state index is 0.0120. The number of amides is 3. The lowest BCUT2D eigenvalue weighted by Gasteiger charge is -2.30. The van der Waals surface area contributed by atoms with Crippen molar-refractivity contribution in [2.24, 2.45) is 0 Å². The summed E-state index contributed by atoms with van der Waals surface area (Å²) in [5.41, 5.74) is 2.19. The lowest BCUT2D eigenvalue weighted by Crippen LogP contribution is -2.47. The average molecular weight is 475 g/mol. The van der Waals surface area contributed by atoms with E-state index in [0.717, 1.165) is 41.9 Å². The molecule has 4 rings (SSSR count). The molecule has 2 atom stereocenters. The van der Waals surface area contributed by atoms with Gasteiger partial charge in [0, 0.05) is 49.7 Å². The largest absolute Gasteiger partial charge is 0.336 e. The molecule has 1 aromatic heterocycles. The van der Waals surface area contributed by atoms with Crippen LogP contribution < -0.4 is 0 Å². The summed E-state index contributed by atoms with van der Waals surface area (Å²) in [6.07, 6.45) is 1.82. The molecule has 0 N–H and O–H groups in total. The van der Waals surface area contributed by atoms with Gasteiger partial charge in [0.25, 0.3) is 5.91 Å². The van der Waals surface area contributed by atoms with Gasteiger partial charge in [-0.1, -0.05) is 17.7 Å². The van der Waals surface area contributed by atoms with Gasteiger partial charge in [-0.15, -0.1) is 11.3 Å². The zero-order valence-corrected chi connectivity index (χ0v) is 20.7. The van der Waals surface area contributed by atoms with Crippen LogP contribution in [0.1, 0.15) is 28.1 Å². The number of nitrogens with zero attached hydrogens (tertiary/aromatic N) is 4. The Morgan fingerprint density at radius 1 is 1.03 bits per heavy atom. The topological polar surface area (TPSA) is 47.1 Å². The first-order valence-electron chi connectivity index (χ1n) is 11.1. The van der Waals surface area contributed by atoms with E-state index in [1.54, 1.807) is 4.90 Å². The second-order valence-electron chi connectivity index (χ2n) is 9.03. The van der Waals surface area contributed by atoms with Crippen molar-refractivity contribution < 1.29 is 9.59 Å². The number of thiophene rings is 1. The summed E-state index contributed by atoms with van der Waals surface area (Å²) in [4.78, 5) is 35.8. The molecule has 2 aliphatic rings. The zero-order valence-electron chi connectivity index (χ0n) is 19.2. The van der Waals surface area contributed by atoms with Gasteiger partial charge in [-0.05, 0) is 68.8 Å². The first kappa shape index (κ1) is 23.1. The number of halogens is 1. The molecular weight excluding hydrogens is 444 g/mol. The highest BCUT2D eigenvalue weighted by molar-refractivity contribution is 7.17. The van der Waals surface area contributed by atoms with Gasteiger partial charge in [0.2, 0.25) is 0 Å². The van der Waals surface area contributed by atoms with Crippen molar-refractivity contribution in [3.8, 4) is 10.4 Å². The maximum Gasteiger partial charge on any atom is 0.320 e. The van der Waals surface area contributed by atoms with Gasteiger partial charge in [-0.25, -0.2) is 4.79 Å². The Morgan fingerprint density at radius 3 is 2.44 bits per heavy atom. The summed E-state index contributed by atoms with van der Waals surface area (Å²) in [6, 6.07) is 10.1. The predicted octanol–water partition coefficient (Wildman–Crippen LogP) is 4.28. The first-order valence-corrected chi connectivity index (χ1v) is 12.3. The van der Waals surface area contributed by atoms with Crippen molar-refractivity contribution in [1.82, 2.24) is 19.6 Å². The molecule has 2 fully saturated rings. The van der Waals surface area contributed by atoms with E-state index >= 15 is 0 Å². The van der Waals surface area contributed by atoms with Gasteiger partial charge in [-0.3, -0.25) is 4.79 Å². The Morgan fingerprint density at radius 2 is 1.75 bits per heavy atom. The number of urea groups is 1.